The largest absolute Gasteiger partial charge is 0.331 e. The van der Waals surface area contributed by atoms with Gasteiger partial charge in [-0.2, -0.15) is 0 Å². The van der Waals surface area contributed by atoms with Crippen molar-refractivity contribution in [3.05, 3.63) is 36.3 Å². The Morgan fingerprint density at radius 1 is 1.23 bits per heavy atom. The van der Waals surface area contributed by atoms with Crippen LogP contribution < -0.4 is 27.6 Å². The quantitative estimate of drug-likeness (QED) is 0.237. The third-order valence-electron chi connectivity index (χ3n) is 5.23. The molecule has 1 amide bonds. The zero-order valence-electron chi connectivity index (χ0n) is 16.4. The number of hydrogen-bond acceptors (Lipinski definition) is 10. The van der Waals surface area contributed by atoms with E-state index in [0.717, 1.165) is 31.9 Å². The Kier molecular flexibility index (Phi) is 5.00. The summed E-state index contributed by atoms with van der Waals surface area (Å²) in [5.74, 6) is 4.13. The highest BCUT2D eigenvalue weighted by molar-refractivity contribution is 7.90. The molecule has 1 saturated carbocycles. The molecule has 12 heteroatoms. The van der Waals surface area contributed by atoms with Crippen LogP contribution in [0.3, 0.4) is 0 Å². The van der Waals surface area contributed by atoms with Gasteiger partial charge in [0, 0.05) is 24.2 Å². The minimum Gasteiger partial charge on any atom is -0.331 e. The summed E-state index contributed by atoms with van der Waals surface area (Å²) < 4.78 is 23.3. The predicted molar refractivity (Wildman–Crippen MR) is 113 cm³/mol. The SMILES string of the molecule is CS(=O)(=O)c1ccc(NC2(N)N=C3C(=NC(NN)=CN3C3CCCC3)C(=O)N2)cc1. The van der Waals surface area contributed by atoms with Crippen molar-refractivity contribution in [2.45, 2.75) is 42.5 Å². The summed E-state index contributed by atoms with van der Waals surface area (Å²) in [6.07, 6.45) is 6.96. The average Bonchev–Trinajstić information content (AvgIpc) is 3.21. The predicted octanol–water partition coefficient (Wildman–Crippen LogP) is -0.438. The Morgan fingerprint density at radius 3 is 2.50 bits per heavy atom. The van der Waals surface area contributed by atoms with E-state index in [2.05, 4.69) is 26.0 Å². The minimum atomic E-state index is -3.32. The van der Waals surface area contributed by atoms with Crippen molar-refractivity contribution < 1.29 is 13.2 Å². The Hall–Kier alpha value is -2.96. The molecule has 1 unspecified atom stereocenters. The Bertz CT molecular complexity index is 1060. The standard InChI is InChI=1S/C18H24N8O3S/c1-30(28,29)13-8-6-11(7-9-13)22-18(19)23-16-15(17(27)24-18)21-14(25-20)10-26(16)12-4-2-3-5-12/h6-10,12,22,25H,2-5,19-20H2,1H3,(H,24,27). The minimum absolute atomic E-state index is 0.132. The number of nitrogens with zero attached hydrogens (tertiary/aromatic N) is 3. The van der Waals surface area contributed by atoms with Gasteiger partial charge in [0.05, 0.1) is 4.90 Å². The maximum Gasteiger partial charge on any atom is 0.278 e. The van der Waals surface area contributed by atoms with E-state index in [-0.39, 0.29) is 16.6 Å². The van der Waals surface area contributed by atoms with Crippen molar-refractivity contribution in [3.8, 4) is 0 Å². The number of rotatable bonds is 5. The lowest BCUT2D eigenvalue weighted by Gasteiger charge is -2.39. The lowest BCUT2D eigenvalue weighted by molar-refractivity contribution is -0.116. The molecular formula is C18H24N8O3S. The second kappa shape index (κ2) is 7.38. The number of fused-ring (bicyclic) bond motifs is 1. The van der Waals surface area contributed by atoms with Crippen LogP contribution in [0, 0.1) is 0 Å². The summed E-state index contributed by atoms with van der Waals surface area (Å²) in [5.41, 5.74) is 9.47. The second-order valence-corrected chi connectivity index (χ2v) is 9.56. The molecule has 1 aliphatic carbocycles. The average molecular weight is 433 g/mol. The number of sulfone groups is 1. The van der Waals surface area contributed by atoms with Gasteiger partial charge in [-0.1, -0.05) is 12.8 Å². The zero-order chi connectivity index (χ0) is 21.5. The number of aliphatic imine (C=N–C) groups is 2. The van der Waals surface area contributed by atoms with Gasteiger partial charge in [0.15, 0.2) is 27.2 Å². The summed E-state index contributed by atoms with van der Waals surface area (Å²) >= 11 is 0. The van der Waals surface area contributed by atoms with Crippen LogP contribution in [0.15, 0.2) is 51.2 Å². The van der Waals surface area contributed by atoms with E-state index < -0.39 is 21.7 Å². The van der Waals surface area contributed by atoms with Gasteiger partial charge in [-0.3, -0.25) is 15.8 Å². The third kappa shape index (κ3) is 3.88. The van der Waals surface area contributed by atoms with Crippen LogP contribution in [0.25, 0.3) is 0 Å². The van der Waals surface area contributed by atoms with Crippen molar-refractivity contribution in [1.29, 1.82) is 0 Å². The fourth-order valence-corrected chi connectivity index (χ4v) is 4.43. The van der Waals surface area contributed by atoms with Gasteiger partial charge >= 0.3 is 0 Å². The molecule has 0 radical (unpaired) electrons. The molecule has 1 atom stereocenters. The number of carbonyl (C=O) groups excluding carboxylic acids is 1. The van der Waals surface area contributed by atoms with Gasteiger partial charge in [-0.05, 0) is 37.1 Å². The maximum atomic E-state index is 12.8. The van der Waals surface area contributed by atoms with Crippen molar-refractivity contribution >= 4 is 33.0 Å². The van der Waals surface area contributed by atoms with E-state index in [1.165, 1.54) is 12.1 Å². The number of carbonyl (C=O) groups is 1. The molecule has 0 saturated heterocycles. The molecule has 0 bridgehead atoms. The van der Waals surface area contributed by atoms with Gasteiger partial charge in [0.2, 0.25) is 0 Å². The van der Waals surface area contributed by atoms with Gasteiger partial charge in [0.25, 0.3) is 11.8 Å². The lowest BCUT2D eigenvalue weighted by Crippen LogP contribution is -2.67. The van der Waals surface area contributed by atoms with E-state index in [4.69, 9.17) is 11.6 Å². The van der Waals surface area contributed by atoms with Gasteiger partial charge in [-0.15, -0.1) is 0 Å². The van der Waals surface area contributed by atoms with Crippen LogP contribution in [0.2, 0.25) is 0 Å². The fraction of sp³-hybridized carbons (Fsp3) is 0.389. The second-order valence-electron chi connectivity index (χ2n) is 7.54. The molecule has 1 aromatic carbocycles. The van der Waals surface area contributed by atoms with Crippen LogP contribution in [-0.4, -0.2) is 49.0 Å². The van der Waals surface area contributed by atoms with Gasteiger partial charge in [-0.25, -0.2) is 24.2 Å². The van der Waals surface area contributed by atoms with E-state index in [9.17, 15) is 13.2 Å². The molecule has 0 spiro atoms. The summed E-state index contributed by atoms with van der Waals surface area (Å²) in [5, 5.41) is 5.57. The van der Waals surface area contributed by atoms with Gasteiger partial charge < -0.3 is 15.6 Å². The number of hydrazine groups is 1. The number of nitrogens with one attached hydrogen (secondary N) is 3. The van der Waals surface area contributed by atoms with E-state index in [1.807, 2.05) is 4.90 Å². The first-order chi connectivity index (χ1) is 14.2. The van der Waals surface area contributed by atoms with Gasteiger partial charge in [0.1, 0.15) is 0 Å². The van der Waals surface area contributed by atoms with E-state index in [1.54, 1.807) is 18.3 Å². The molecule has 160 valence electrons. The van der Waals surface area contributed by atoms with Crippen molar-refractivity contribution in [3.63, 3.8) is 0 Å². The summed E-state index contributed by atoms with van der Waals surface area (Å²) in [4.78, 5) is 23.7. The molecule has 0 aromatic heterocycles. The molecule has 30 heavy (non-hydrogen) atoms. The first kappa shape index (κ1) is 20.3. The smallest absolute Gasteiger partial charge is 0.278 e. The molecular weight excluding hydrogens is 408 g/mol. The summed E-state index contributed by atoms with van der Waals surface area (Å²) in [6.45, 7) is 0. The van der Waals surface area contributed by atoms with Crippen molar-refractivity contribution in [1.82, 2.24) is 15.6 Å². The Balaban J connectivity index is 1.67. The highest BCUT2D eigenvalue weighted by atomic mass is 32.2. The van der Waals surface area contributed by atoms with Crippen LogP contribution in [-0.2, 0) is 14.6 Å². The van der Waals surface area contributed by atoms with Crippen LogP contribution >= 0.6 is 0 Å². The molecule has 3 aliphatic rings. The van der Waals surface area contributed by atoms with E-state index >= 15 is 0 Å². The number of amides is 1. The highest BCUT2D eigenvalue weighted by Crippen LogP contribution is 2.28. The Labute approximate surface area is 174 Å². The van der Waals surface area contributed by atoms with Crippen LogP contribution in [0.1, 0.15) is 25.7 Å². The number of nitrogens with two attached hydrogens (primary N) is 2. The van der Waals surface area contributed by atoms with Crippen molar-refractivity contribution in [2.24, 2.45) is 21.6 Å². The molecule has 4 rings (SSSR count). The first-order valence-corrected chi connectivity index (χ1v) is 11.4. The monoisotopic (exact) mass is 432 g/mol. The van der Waals surface area contributed by atoms with Crippen LogP contribution in [0.4, 0.5) is 5.69 Å². The molecule has 7 N–H and O–H groups in total. The summed E-state index contributed by atoms with van der Waals surface area (Å²) in [6, 6.07) is 6.21. The van der Waals surface area contributed by atoms with Crippen molar-refractivity contribution in [2.75, 3.05) is 11.6 Å². The number of hydrogen-bond donors (Lipinski definition) is 5. The zero-order valence-corrected chi connectivity index (χ0v) is 17.2. The number of benzene rings is 1. The highest BCUT2D eigenvalue weighted by Gasteiger charge is 2.42. The topological polar surface area (TPSA) is 167 Å². The van der Waals surface area contributed by atoms with E-state index in [0.29, 0.717) is 17.3 Å². The molecule has 1 fully saturated rings. The fourth-order valence-electron chi connectivity index (χ4n) is 3.80. The normalized spacial score (nSPS) is 24.4. The van der Waals surface area contributed by atoms with Crippen LogP contribution in [0.5, 0.6) is 0 Å². The number of anilines is 1. The molecule has 2 heterocycles. The Morgan fingerprint density at radius 2 is 1.90 bits per heavy atom. The summed E-state index contributed by atoms with van der Waals surface area (Å²) in [7, 11) is -3.32. The molecule has 11 nitrogen and oxygen atoms in total. The molecule has 2 aliphatic heterocycles. The third-order valence-corrected chi connectivity index (χ3v) is 6.36. The lowest BCUT2D eigenvalue weighted by atomic mass is 10.1. The number of amidine groups is 1. The maximum absolute atomic E-state index is 12.8. The molecule has 1 aromatic rings. The first-order valence-electron chi connectivity index (χ1n) is 9.54.